The Kier molecular flexibility index (Phi) is 9.97. The maximum Gasteiger partial charge on any atom is 0.325 e. The number of likely N-dealkylation sites (tertiary alicyclic amines) is 1. The van der Waals surface area contributed by atoms with Gasteiger partial charge in [-0.25, -0.2) is 0 Å². The SMILES string of the molecule is C[C@H](NC(=O)CNC(=O)[C@H](CO)NC(=O)[C@@H]1CCCN1C(=O)[C@@H](N)Cc1ccc(O)cc1)C(=O)O. The number of amides is 4. The average molecular weight is 494 g/mol. The summed E-state index contributed by atoms with van der Waals surface area (Å²) < 4.78 is 0. The number of benzene rings is 1. The van der Waals surface area contributed by atoms with E-state index in [0.717, 1.165) is 5.56 Å². The number of carbonyl (C=O) groups excluding carboxylic acids is 4. The Hall–Kier alpha value is -3.71. The van der Waals surface area contributed by atoms with Crippen LogP contribution in [0, 0.1) is 0 Å². The minimum Gasteiger partial charge on any atom is -0.508 e. The smallest absolute Gasteiger partial charge is 0.325 e. The molecule has 0 aliphatic carbocycles. The van der Waals surface area contributed by atoms with Gasteiger partial charge in [-0.3, -0.25) is 24.0 Å². The fourth-order valence-corrected chi connectivity index (χ4v) is 3.60. The fourth-order valence-electron chi connectivity index (χ4n) is 3.60. The third-order valence-corrected chi connectivity index (χ3v) is 5.53. The van der Waals surface area contributed by atoms with Crippen LogP contribution < -0.4 is 21.7 Å². The highest BCUT2D eigenvalue weighted by Gasteiger charge is 2.37. The fraction of sp³-hybridized carbons (Fsp3) is 0.500. The molecular formula is C22H31N5O8. The van der Waals surface area contributed by atoms with E-state index in [1.807, 2.05) is 0 Å². The summed E-state index contributed by atoms with van der Waals surface area (Å²) in [5.41, 5.74) is 6.80. The second kappa shape index (κ2) is 12.7. The Labute approximate surface area is 201 Å². The highest BCUT2D eigenvalue weighted by molar-refractivity contribution is 5.94. The summed E-state index contributed by atoms with van der Waals surface area (Å²) in [4.78, 5) is 61.8. The third-order valence-electron chi connectivity index (χ3n) is 5.53. The lowest BCUT2D eigenvalue weighted by Crippen LogP contribution is -2.57. The quantitative estimate of drug-likeness (QED) is 0.172. The summed E-state index contributed by atoms with van der Waals surface area (Å²) in [5, 5.41) is 34.5. The zero-order valence-corrected chi connectivity index (χ0v) is 19.3. The summed E-state index contributed by atoms with van der Waals surface area (Å²) in [6.45, 7) is 0.247. The van der Waals surface area contributed by atoms with Gasteiger partial charge < -0.3 is 41.9 Å². The molecule has 0 spiro atoms. The Balaban J connectivity index is 1.92. The monoisotopic (exact) mass is 493 g/mol. The van der Waals surface area contributed by atoms with Gasteiger partial charge in [0.05, 0.1) is 19.2 Å². The largest absolute Gasteiger partial charge is 0.508 e. The molecule has 0 aromatic heterocycles. The predicted molar refractivity (Wildman–Crippen MR) is 122 cm³/mol. The van der Waals surface area contributed by atoms with Crippen molar-refractivity contribution in [2.75, 3.05) is 19.7 Å². The average Bonchev–Trinajstić information content (AvgIpc) is 3.31. The number of nitrogens with two attached hydrogens (primary N) is 1. The molecule has 192 valence electrons. The molecule has 35 heavy (non-hydrogen) atoms. The number of aliphatic hydroxyl groups excluding tert-OH is 1. The molecule has 1 saturated heterocycles. The van der Waals surface area contributed by atoms with Crippen molar-refractivity contribution in [3.63, 3.8) is 0 Å². The number of aliphatic carboxylic acids is 1. The molecular weight excluding hydrogens is 462 g/mol. The number of hydrogen-bond acceptors (Lipinski definition) is 8. The van der Waals surface area contributed by atoms with Gasteiger partial charge in [0.2, 0.25) is 23.6 Å². The molecule has 0 bridgehead atoms. The minimum absolute atomic E-state index is 0.0860. The number of phenolic OH excluding ortho intramolecular Hbond substituents is 1. The number of aliphatic hydroxyl groups is 1. The lowest BCUT2D eigenvalue weighted by Gasteiger charge is -2.28. The van der Waals surface area contributed by atoms with E-state index in [2.05, 4.69) is 16.0 Å². The van der Waals surface area contributed by atoms with Gasteiger partial charge >= 0.3 is 5.97 Å². The standard InChI is InChI=1S/C22H31N5O8/c1-12(22(34)35)25-18(30)10-24-19(31)16(11-28)26-20(32)17-3-2-8-27(17)21(33)15(23)9-13-4-6-14(29)7-5-13/h4-7,12,15-17,28-29H,2-3,8-11,23H2,1H3,(H,24,31)(H,25,30)(H,26,32)(H,34,35)/t12-,15-,16-,17-/m0/s1. The van der Waals surface area contributed by atoms with E-state index in [9.17, 15) is 34.2 Å². The van der Waals surface area contributed by atoms with Crippen LogP contribution in [0.15, 0.2) is 24.3 Å². The van der Waals surface area contributed by atoms with Gasteiger partial charge in [-0.15, -0.1) is 0 Å². The Morgan fingerprint density at radius 3 is 2.40 bits per heavy atom. The Bertz CT molecular complexity index is 938. The lowest BCUT2D eigenvalue weighted by atomic mass is 10.0. The number of carbonyl (C=O) groups is 5. The number of carboxylic acid groups (broad SMARTS) is 1. The number of rotatable bonds is 11. The second-order valence-electron chi connectivity index (χ2n) is 8.26. The number of carboxylic acids is 1. The van der Waals surface area contributed by atoms with Crippen LogP contribution in [0.3, 0.4) is 0 Å². The van der Waals surface area contributed by atoms with Gasteiger partial charge in [0.15, 0.2) is 0 Å². The number of hydrogen-bond donors (Lipinski definition) is 7. The molecule has 1 aromatic rings. The van der Waals surface area contributed by atoms with Crippen LogP contribution in [0.5, 0.6) is 5.75 Å². The van der Waals surface area contributed by atoms with Crippen LogP contribution in [0.25, 0.3) is 0 Å². The summed E-state index contributed by atoms with van der Waals surface area (Å²) in [6.07, 6.45) is 1.10. The number of nitrogens with one attached hydrogen (secondary N) is 3. The first-order valence-corrected chi connectivity index (χ1v) is 11.1. The maximum absolute atomic E-state index is 12.9. The summed E-state index contributed by atoms with van der Waals surface area (Å²) in [7, 11) is 0. The normalized spacial score (nSPS) is 17.7. The molecule has 1 aliphatic rings. The van der Waals surface area contributed by atoms with E-state index in [0.29, 0.717) is 19.4 Å². The third kappa shape index (κ3) is 7.93. The zero-order valence-electron chi connectivity index (χ0n) is 19.3. The van der Waals surface area contributed by atoms with Crippen molar-refractivity contribution in [3.8, 4) is 5.75 Å². The van der Waals surface area contributed by atoms with Gasteiger partial charge in [-0.1, -0.05) is 12.1 Å². The number of phenols is 1. The first-order chi connectivity index (χ1) is 16.5. The van der Waals surface area contributed by atoms with Gasteiger partial charge in [0, 0.05) is 6.54 Å². The second-order valence-corrected chi connectivity index (χ2v) is 8.26. The van der Waals surface area contributed by atoms with Crippen molar-refractivity contribution in [3.05, 3.63) is 29.8 Å². The van der Waals surface area contributed by atoms with Crippen molar-refractivity contribution in [1.82, 2.24) is 20.9 Å². The van der Waals surface area contributed by atoms with Crippen molar-refractivity contribution in [1.29, 1.82) is 0 Å². The van der Waals surface area contributed by atoms with Gasteiger partial charge in [-0.05, 0) is 43.9 Å². The Morgan fingerprint density at radius 1 is 1.14 bits per heavy atom. The zero-order chi connectivity index (χ0) is 26.1. The van der Waals surface area contributed by atoms with E-state index in [-0.39, 0.29) is 12.2 Å². The summed E-state index contributed by atoms with van der Waals surface area (Å²) >= 11 is 0. The van der Waals surface area contributed by atoms with E-state index in [4.69, 9.17) is 10.8 Å². The predicted octanol–water partition coefficient (Wildman–Crippen LogP) is -2.56. The van der Waals surface area contributed by atoms with Crippen LogP contribution in [0.2, 0.25) is 0 Å². The van der Waals surface area contributed by atoms with E-state index >= 15 is 0 Å². The first-order valence-electron chi connectivity index (χ1n) is 11.1. The molecule has 0 saturated carbocycles. The maximum atomic E-state index is 12.9. The van der Waals surface area contributed by atoms with Crippen LogP contribution in [0.4, 0.5) is 0 Å². The summed E-state index contributed by atoms with van der Waals surface area (Å²) in [6, 6.07) is 1.92. The Morgan fingerprint density at radius 2 is 1.80 bits per heavy atom. The van der Waals surface area contributed by atoms with Crippen molar-refractivity contribution in [2.45, 2.75) is 50.4 Å². The van der Waals surface area contributed by atoms with Crippen LogP contribution in [-0.2, 0) is 30.4 Å². The van der Waals surface area contributed by atoms with E-state index in [1.165, 1.54) is 24.0 Å². The van der Waals surface area contributed by atoms with E-state index in [1.54, 1.807) is 12.1 Å². The lowest BCUT2D eigenvalue weighted by molar-refractivity contribution is -0.141. The molecule has 1 aromatic carbocycles. The number of aromatic hydroxyl groups is 1. The van der Waals surface area contributed by atoms with Crippen LogP contribution in [0.1, 0.15) is 25.3 Å². The molecule has 8 N–H and O–H groups in total. The van der Waals surface area contributed by atoms with Crippen LogP contribution in [-0.4, -0.2) is 93.7 Å². The molecule has 0 unspecified atom stereocenters. The molecule has 1 aliphatic heterocycles. The van der Waals surface area contributed by atoms with Crippen molar-refractivity contribution in [2.24, 2.45) is 5.73 Å². The molecule has 0 radical (unpaired) electrons. The number of nitrogens with zero attached hydrogens (tertiary/aromatic N) is 1. The molecule has 4 amide bonds. The molecule has 2 rings (SSSR count). The van der Waals surface area contributed by atoms with Crippen LogP contribution >= 0.6 is 0 Å². The van der Waals surface area contributed by atoms with Crippen molar-refractivity contribution < 1.29 is 39.3 Å². The highest BCUT2D eigenvalue weighted by atomic mass is 16.4. The highest BCUT2D eigenvalue weighted by Crippen LogP contribution is 2.20. The molecule has 1 fully saturated rings. The van der Waals surface area contributed by atoms with Gasteiger partial charge in [0.25, 0.3) is 0 Å². The van der Waals surface area contributed by atoms with Gasteiger partial charge in [-0.2, -0.15) is 0 Å². The van der Waals surface area contributed by atoms with Gasteiger partial charge in [0.1, 0.15) is 23.9 Å². The topological polar surface area (TPSA) is 211 Å². The molecule has 1 heterocycles. The minimum atomic E-state index is -1.38. The molecule has 13 nitrogen and oxygen atoms in total. The first kappa shape index (κ1) is 27.5. The summed E-state index contributed by atoms with van der Waals surface area (Å²) in [5.74, 6) is -3.85. The van der Waals surface area contributed by atoms with E-state index < -0.39 is 66.9 Å². The molecule has 13 heteroatoms. The molecule has 4 atom stereocenters. The van der Waals surface area contributed by atoms with Crippen molar-refractivity contribution >= 4 is 29.6 Å².